The quantitative estimate of drug-likeness (QED) is 0.924. The summed E-state index contributed by atoms with van der Waals surface area (Å²) in [7, 11) is 0. The summed E-state index contributed by atoms with van der Waals surface area (Å²) in [6, 6.07) is 0. The lowest BCUT2D eigenvalue weighted by Gasteiger charge is -2.45. The molecular formula is C17H28N4. The first-order valence-corrected chi connectivity index (χ1v) is 8.58. The van der Waals surface area contributed by atoms with Crippen LogP contribution in [-0.4, -0.2) is 23.1 Å². The average Bonchev–Trinajstić information content (AvgIpc) is 2.51. The van der Waals surface area contributed by atoms with Crippen LogP contribution in [0.4, 0.5) is 11.6 Å². The van der Waals surface area contributed by atoms with Gasteiger partial charge < -0.3 is 10.6 Å². The maximum absolute atomic E-state index is 6.07. The predicted octanol–water partition coefficient (Wildman–Crippen LogP) is 3.56. The first-order valence-electron chi connectivity index (χ1n) is 8.58. The molecule has 1 aliphatic carbocycles. The van der Waals surface area contributed by atoms with Crippen molar-refractivity contribution < 1.29 is 0 Å². The lowest BCUT2D eigenvalue weighted by molar-refractivity contribution is 0.144. The molecule has 4 heteroatoms. The summed E-state index contributed by atoms with van der Waals surface area (Å²) >= 11 is 0. The fraction of sp³-hybridized carbons (Fsp3) is 0.765. The van der Waals surface area contributed by atoms with E-state index in [0.717, 1.165) is 37.3 Å². The molecule has 2 N–H and O–H groups in total. The Morgan fingerprint density at radius 2 is 1.81 bits per heavy atom. The van der Waals surface area contributed by atoms with Crippen LogP contribution in [0.25, 0.3) is 0 Å². The highest BCUT2D eigenvalue weighted by atomic mass is 15.2. The molecule has 116 valence electrons. The Morgan fingerprint density at radius 1 is 1.10 bits per heavy atom. The summed E-state index contributed by atoms with van der Waals surface area (Å²) in [6.07, 6.45) is 13.5. The molecule has 1 saturated heterocycles. The van der Waals surface area contributed by atoms with Gasteiger partial charge in [-0.1, -0.05) is 32.6 Å². The molecule has 1 aromatic rings. The highest BCUT2D eigenvalue weighted by Crippen LogP contribution is 2.45. The smallest absolute Gasteiger partial charge is 0.137 e. The highest BCUT2D eigenvalue weighted by molar-refractivity contribution is 5.56. The molecule has 0 amide bonds. The van der Waals surface area contributed by atoms with Gasteiger partial charge in [-0.25, -0.2) is 9.97 Å². The van der Waals surface area contributed by atoms with E-state index in [1.165, 1.54) is 44.9 Å². The monoisotopic (exact) mass is 288 g/mol. The first-order chi connectivity index (χ1) is 10.2. The fourth-order valence-electron chi connectivity index (χ4n) is 4.17. The lowest BCUT2D eigenvalue weighted by atomic mass is 9.68. The average molecular weight is 288 g/mol. The highest BCUT2D eigenvalue weighted by Gasteiger charge is 2.36. The minimum Gasteiger partial charge on any atom is -0.383 e. The van der Waals surface area contributed by atoms with Crippen LogP contribution in [0.3, 0.4) is 0 Å². The fourth-order valence-corrected chi connectivity index (χ4v) is 4.17. The van der Waals surface area contributed by atoms with Crippen LogP contribution in [0.5, 0.6) is 0 Å². The molecule has 0 bridgehead atoms. The zero-order valence-corrected chi connectivity index (χ0v) is 13.3. The van der Waals surface area contributed by atoms with Crippen molar-refractivity contribution in [3.8, 4) is 0 Å². The molecule has 2 fully saturated rings. The van der Waals surface area contributed by atoms with Gasteiger partial charge in [0.2, 0.25) is 0 Å². The van der Waals surface area contributed by atoms with Gasteiger partial charge >= 0.3 is 0 Å². The Balaban J connectivity index is 1.73. The van der Waals surface area contributed by atoms with Crippen LogP contribution in [-0.2, 0) is 6.42 Å². The summed E-state index contributed by atoms with van der Waals surface area (Å²) in [6.45, 7) is 4.45. The largest absolute Gasteiger partial charge is 0.383 e. The maximum atomic E-state index is 6.07. The van der Waals surface area contributed by atoms with Crippen LogP contribution in [0.1, 0.15) is 63.9 Å². The Morgan fingerprint density at radius 3 is 2.48 bits per heavy atom. The van der Waals surface area contributed by atoms with Gasteiger partial charge in [0, 0.05) is 18.7 Å². The van der Waals surface area contributed by atoms with Crippen LogP contribution >= 0.6 is 0 Å². The van der Waals surface area contributed by atoms with Crippen molar-refractivity contribution >= 4 is 11.6 Å². The second kappa shape index (κ2) is 6.20. The van der Waals surface area contributed by atoms with E-state index in [1.54, 1.807) is 6.33 Å². The molecule has 1 aromatic heterocycles. The lowest BCUT2D eigenvalue weighted by Crippen LogP contribution is -2.42. The van der Waals surface area contributed by atoms with Crippen molar-refractivity contribution in [3.63, 3.8) is 0 Å². The van der Waals surface area contributed by atoms with E-state index in [9.17, 15) is 0 Å². The zero-order valence-electron chi connectivity index (χ0n) is 13.3. The van der Waals surface area contributed by atoms with Gasteiger partial charge in [-0.05, 0) is 37.5 Å². The van der Waals surface area contributed by atoms with Crippen molar-refractivity contribution in [2.75, 3.05) is 23.7 Å². The van der Waals surface area contributed by atoms with Crippen LogP contribution in [0, 0.1) is 5.41 Å². The van der Waals surface area contributed by atoms with E-state index >= 15 is 0 Å². The minimum atomic E-state index is 0.637. The number of rotatable bonds is 3. The summed E-state index contributed by atoms with van der Waals surface area (Å²) in [5.41, 5.74) is 7.86. The van der Waals surface area contributed by atoms with E-state index in [4.69, 9.17) is 5.73 Å². The second-order valence-corrected chi connectivity index (χ2v) is 6.86. The molecule has 1 aliphatic heterocycles. The number of nitrogen functional groups attached to an aromatic ring is 1. The third-order valence-corrected chi connectivity index (χ3v) is 5.49. The van der Waals surface area contributed by atoms with Crippen molar-refractivity contribution in [1.29, 1.82) is 0 Å². The minimum absolute atomic E-state index is 0.637. The van der Waals surface area contributed by atoms with E-state index < -0.39 is 0 Å². The second-order valence-electron chi connectivity index (χ2n) is 6.86. The molecule has 2 heterocycles. The Labute approximate surface area is 128 Å². The Hall–Kier alpha value is -1.32. The van der Waals surface area contributed by atoms with Crippen molar-refractivity contribution in [2.24, 2.45) is 5.41 Å². The summed E-state index contributed by atoms with van der Waals surface area (Å²) in [4.78, 5) is 11.2. The molecule has 0 unspecified atom stereocenters. The van der Waals surface area contributed by atoms with Crippen molar-refractivity contribution in [1.82, 2.24) is 9.97 Å². The molecule has 1 spiro atoms. The van der Waals surface area contributed by atoms with Crippen LogP contribution < -0.4 is 10.6 Å². The van der Waals surface area contributed by atoms with Gasteiger partial charge in [0.25, 0.3) is 0 Å². The number of piperidine rings is 1. The Bertz CT molecular complexity index is 470. The molecule has 0 atom stereocenters. The van der Waals surface area contributed by atoms with E-state index in [2.05, 4.69) is 21.8 Å². The van der Waals surface area contributed by atoms with Gasteiger partial charge in [0.1, 0.15) is 18.0 Å². The van der Waals surface area contributed by atoms with Gasteiger partial charge in [0.05, 0.1) is 0 Å². The van der Waals surface area contributed by atoms with E-state index in [-0.39, 0.29) is 0 Å². The third-order valence-electron chi connectivity index (χ3n) is 5.49. The van der Waals surface area contributed by atoms with Crippen LogP contribution in [0.2, 0.25) is 0 Å². The topological polar surface area (TPSA) is 55.0 Å². The predicted molar refractivity (Wildman–Crippen MR) is 87.4 cm³/mol. The normalized spacial score (nSPS) is 21.7. The summed E-state index contributed by atoms with van der Waals surface area (Å²) in [5.74, 6) is 1.76. The standard InChI is InChI=1S/C17H28N4/c1-2-6-14-15(18)19-13-20-16(14)21-11-9-17(10-12-21)7-4-3-5-8-17/h13H,2-12H2,1H3,(H2,18,19,20). The number of anilines is 2. The van der Waals surface area contributed by atoms with Gasteiger partial charge in [0.15, 0.2) is 0 Å². The van der Waals surface area contributed by atoms with Crippen molar-refractivity contribution in [2.45, 2.75) is 64.7 Å². The molecule has 1 saturated carbocycles. The molecule has 21 heavy (non-hydrogen) atoms. The number of hydrogen-bond acceptors (Lipinski definition) is 4. The number of nitrogens with zero attached hydrogens (tertiary/aromatic N) is 3. The van der Waals surface area contributed by atoms with E-state index in [1.807, 2.05) is 0 Å². The summed E-state index contributed by atoms with van der Waals surface area (Å²) in [5, 5.41) is 0. The van der Waals surface area contributed by atoms with Gasteiger partial charge in [-0.15, -0.1) is 0 Å². The van der Waals surface area contributed by atoms with E-state index in [0.29, 0.717) is 11.2 Å². The SMILES string of the molecule is CCCc1c(N)ncnc1N1CCC2(CCCCC2)CC1. The maximum Gasteiger partial charge on any atom is 0.137 e. The summed E-state index contributed by atoms with van der Waals surface area (Å²) < 4.78 is 0. The molecule has 0 aromatic carbocycles. The number of nitrogens with two attached hydrogens (primary N) is 1. The molecule has 0 radical (unpaired) electrons. The zero-order chi connectivity index (χ0) is 14.7. The molecule has 3 rings (SSSR count). The van der Waals surface area contributed by atoms with Crippen LogP contribution in [0.15, 0.2) is 6.33 Å². The van der Waals surface area contributed by atoms with Gasteiger partial charge in [-0.2, -0.15) is 0 Å². The van der Waals surface area contributed by atoms with Crippen molar-refractivity contribution in [3.05, 3.63) is 11.9 Å². The molecular weight excluding hydrogens is 260 g/mol. The first kappa shape index (κ1) is 14.6. The molecule has 4 nitrogen and oxygen atoms in total. The number of hydrogen-bond donors (Lipinski definition) is 1. The third kappa shape index (κ3) is 2.99. The molecule has 2 aliphatic rings. The van der Waals surface area contributed by atoms with Gasteiger partial charge in [-0.3, -0.25) is 0 Å². The number of aromatic nitrogens is 2. The Kier molecular flexibility index (Phi) is 4.32.